The van der Waals surface area contributed by atoms with Crippen LogP contribution >= 0.6 is 11.6 Å². The van der Waals surface area contributed by atoms with E-state index in [9.17, 15) is 8.42 Å². The first-order valence-electron chi connectivity index (χ1n) is 9.40. The van der Waals surface area contributed by atoms with Crippen molar-refractivity contribution in [2.45, 2.75) is 30.7 Å². The first kappa shape index (κ1) is 19.7. The number of halogens is 1. The predicted octanol–water partition coefficient (Wildman–Crippen LogP) is 4.70. The molecule has 0 aliphatic carbocycles. The number of hydrogen-bond acceptors (Lipinski definition) is 5. The number of pyridine rings is 2. The van der Waals surface area contributed by atoms with Crippen LogP contribution in [0.4, 0.5) is 5.82 Å². The fraction of sp³-hybridized carbons (Fsp3) is 0.238. The Morgan fingerprint density at radius 3 is 2.69 bits per heavy atom. The van der Waals surface area contributed by atoms with Gasteiger partial charge in [-0.25, -0.2) is 4.98 Å². The molecule has 4 bridgehead atoms. The van der Waals surface area contributed by atoms with E-state index in [1.165, 1.54) is 12.1 Å². The second-order valence-corrected chi connectivity index (χ2v) is 8.80. The minimum atomic E-state index is -3.92. The largest absolute Gasteiger partial charge is 0.478 e. The lowest BCUT2D eigenvalue weighted by atomic mass is 9.98. The molecule has 6 nitrogen and oxygen atoms in total. The molecule has 2 aromatic heterocycles. The Bertz CT molecular complexity index is 1140. The maximum Gasteiger partial charge on any atom is 0.280 e. The number of aromatic nitrogens is 2. The van der Waals surface area contributed by atoms with Crippen LogP contribution in [0, 0.1) is 0 Å². The average molecular weight is 430 g/mol. The van der Waals surface area contributed by atoms with E-state index in [1.54, 1.807) is 18.2 Å². The second-order valence-electron chi connectivity index (χ2n) is 6.76. The lowest BCUT2D eigenvalue weighted by Crippen LogP contribution is -2.16. The van der Waals surface area contributed by atoms with Gasteiger partial charge in [0.1, 0.15) is 5.82 Å². The molecule has 0 atom stereocenters. The zero-order chi connectivity index (χ0) is 20.3. The number of benzene rings is 1. The Kier molecular flexibility index (Phi) is 5.69. The number of nitrogens with zero attached hydrogens (tertiary/aromatic N) is 2. The third kappa shape index (κ3) is 4.52. The Labute approximate surface area is 175 Å². The van der Waals surface area contributed by atoms with Gasteiger partial charge in [-0.3, -0.25) is 4.72 Å². The SMILES string of the molecule is O=S1(=O)Nc2ccc(Cl)c(n2)-c2ccccc2CCCCCOc2cccc1n2. The van der Waals surface area contributed by atoms with E-state index in [1.807, 2.05) is 18.2 Å². The number of rotatable bonds is 0. The fourth-order valence-electron chi connectivity index (χ4n) is 3.24. The smallest absolute Gasteiger partial charge is 0.280 e. The van der Waals surface area contributed by atoms with Gasteiger partial charge in [0.2, 0.25) is 5.88 Å². The number of anilines is 1. The molecule has 0 radical (unpaired) electrons. The van der Waals surface area contributed by atoms with E-state index >= 15 is 0 Å². The van der Waals surface area contributed by atoms with Gasteiger partial charge >= 0.3 is 0 Å². The van der Waals surface area contributed by atoms with Gasteiger partial charge in [0.25, 0.3) is 10.0 Å². The molecule has 0 unspecified atom stereocenters. The van der Waals surface area contributed by atoms with Crippen molar-refractivity contribution in [2.75, 3.05) is 11.3 Å². The molecule has 0 amide bonds. The Morgan fingerprint density at radius 1 is 0.931 bits per heavy atom. The molecule has 1 aliphatic heterocycles. The minimum absolute atomic E-state index is 0.124. The molecule has 3 aromatic rings. The lowest BCUT2D eigenvalue weighted by molar-refractivity contribution is 0.292. The predicted molar refractivity (Wildman–Crippen MR) is 113 cm³/mol. The Hall–Kier alpha value is -2.64. The molecule has 8 heteroatoms. The van der Waals surface area contributed by atoms with Gasteiger partial charge in [-0.1, -0.05) is 41.9 Å². The highest BCUT2D eigenvalue weighted by molar-refractivity contribution is 7.92. The first-order valence-corrected chi connectivity index (χ1v) is 11.3. The molecular weight excluding hydrogens is 410 g/mol. The molecule has 29 heavy (non-hydrogen) atoms. The Morgan fingerprint density at radius 2 is 1.79 bits per heavy atom. The van der Waals surface area contributed by atoms with Crippen LogP contribution in [0.25, 0.3) is 11.3 Å². The van der Waals surface area contributed by atoms with E-state index in [4.69, 9.17) is 16.3 Å². The van der Waals surface area contributed by atoms with E-state index < -0.39 is 10.0 Å². The number of aryl methyl sites for hydroxylation is 1. The molecule has 0 spiro atoms. The maximum absolute atomic E-state index is 12.8. The standard InChI is InChI=1S/C21H20ClN3O3S/c22-17-12-13-18-23-21(17)16-9-4-3-8-15(16)7-2-1-5-14-28-19-10-6-11-20(24-19)29(26,27)25-18/h3-4,6,8-13H,1-2,5,7,14H2,(H,23,25). The summed E-state index contributed by atoms with van der Waals surface area (Å²) in [6.07, 6.45) is 3.71. The van der Waals surface area contributed by atoms with Gasteiger partial charge in [0.05, 0.1) is 17.3 Å². The van der Waals surface area contributed by atoms with Gasteiger partial charge in [-0.05, 0) is 49.4 Å². The minimum Gasteiger partial charge on any atom is -0.478 e. The number of fused-ring (bicyclic) bond motifs is 6. The van der Waals surface area contributed by atoms with Crippen molar-refractivity contribution < 1.29 is 13.2 Å². The summed E-state index contributed by atoms with van der Waals surface area (Å²) in [7, 11) is -3.92. The summed E-state index contributed by atoms with van der Waals surface area (Å²) >= 11 is 6.41. The summed E-state index contributed by atoms with van der Waals surface area (Å²) in [4.78, 5) is 8.62. The molecule has 1 N–H and O–H groups in total. The molecule has 1 aliphatic rings. The average Bonchev–Trinajstić information content (AvgIpc) is 2.72. The first-order chi connectivity index (χ1) is 14.0. The topological polar surface area (TPSA) is 81.2 Å². The maximum atomic E-state index is 12.8. The third-order valence-corrected chi connectivity index (χ3v) is 6.23. The zero-order valence-electron chi connectivity index (χ0n) is 15.6. The summed E-state index contributed by atoms with van der Waals surface area (Å²) in [5.74, 6) is 0.467. The number of nitrogens with one attached hydrogen (secondary N) is 1. The normalized spacial score (nSPS) is 16.2. The van der Waals surface area contributed by atoms with Crippen molar-refractivity contribution in [2.24, 2.45) is 0 Å². The second kappa shape index (κ2) is 8.39. The molecule has 4 rings (SSSR count). The van der Waals surface area contributed by atoms with Crippen molar-refractivity contribution in [3.8, 4) is 17.1 Å². The summed E-state index contributed by atoms with van der Waals surface area (Å²) in [6, 6.07) is 15.8. The van der Waals surface area contributed by atoms with Crippen LogP contribution in [0.1, 0.15) is 24.8 Å². The number of ether oxygens (including phenoxy) is 1. The highest BCUT2D eigenvalue weighted by atomic mass is 35.5. The molecule has 0 saturated heterocycles. The quantitative estimate of drug-likeness (QED) is 0.560. The van der Waals surface area contributed by atoms with Gasteiger partial charge in [0, 0.05) is 11.6 Å². The van der Waals surface area contributed by atoms with Crippen LogP contribution in [-0.4, -0.2) is 25.0 Å². The lowest BCUT2D eigenvalue weighted by Gasteiger charge is -2.14. The van der Waals surface area contributed by atoms with E-state index in [2.05, 4.69) is 20.8 Å². The number of hydrogen-bond donors (Lipinski definition) is 1. The highest BCUT2D eigenvalue weighted by Gasteiger charge is 2.19. The molecule has 0 fully saturated rings. The van der Waals surface area contributed by atoms with E-state index in [0.717, 1.165) is 36.8 Å². The number of sulfonamides is 1. The van der Waals surface area contributed by atoms with Crippen LogP contribution in [0.3, 0.4) is 0 Å². The zero-order valence-corrected chi connectivity index (χ0v) is 17.2. The molecule has 150 valence electrons. The molecular formula is C21H20ClN3O3S. The molecule has 1 aromatic carbocycles. The summed E-state index contributed by atoms with van der Waals surface area (Å²) < 4.78 is 33.7. The van der Waals surface area contributed by atoms with E-state index in [-0.39, 0.29) is 16.7 Å². The van der Waals surface area contributed by atoms with Gasteiger partial charge in [-0.2, -0.15) is 13.4 Å². The molecule has 0 saturated carbocycles. The van der Waals surface area contributed by atoms with Crippen molar-refractivity contribution in [1.29, 1.82) is 0 Å². The van der Waals surface area contributed by atoms with Crippen LogP contribution in [0.5, 0.6) is 5.88 Å². The highest BCUT2D eigenvalue weighted by Crippen LogP contribution is 2.31. The van der Waals surface area contributed by atoms with Crippen LogP contribution in [0.2, 0.25) is 5.02 Å². The Balaban J connectivity index is 1.80. The van der Waals surface area contributed by atoms with Crippen molar-refractivity contribution in [1.82, 2.24) is 9.97 Å². The van der Waals surface area contributed by atoms with Crippen LogP contribution < -0.4 is 9.46 Å². The van der Waals surface area contributed by atoms with Crippen molar-refractivity contribution in [3.05, 3.63) is 65.2 Å². The third-order valence-electron chi connectivity index (χ3n) is 4.67. The van der Waals surface area contributed by atoms with Crippen LogP contribution in [-0.2, 0) is 16.4 Å². The van der Waals surface area contributed by atoms with Crippen molar-refractivity contribution >= 4 is 27.4 Å². The van der Waals surface area contributed by atoms with Gasteiger partial charge in [0.15, 0.2) is 5.03 Å². The summed E-state index contributed by atoms with van der Waals surface area (Å²) in [5.41, 5.74) is 2.59. The van der Waals surface area contributed by atoms with Crippen molar-refractivity contribution in [3.63, 3.8) is 0 Å². The monoisotopic (exact) mass is 429 g/mol. The summed E-state index contributed by atoms with van der Waals surface area (Å²) in [5, 5.41) is 0.343. The molecule has 3 heterocycles. The van der Waals surface area contributed by atoms with Crippen LogP contribution in [0.15, 0.2) is 59.6 Å². The summed E-state index contributed by atoms with van der Waals surface area (Å²) in [6.45, 7) is 0.484. The van der Waals surface area contributed by atoms with Gasteiger partial charge < -0.3 is 4.74 Å². The van der Waals surface area contributed by atoms with E-state index in [0.29, 0.717) is 17.3 Å². The van der Waals surface area contributed by atoms with Gasteiger partial charge in [-0.15, -0.1) is 0 Å². The fourth-order valence-corrected chi connectivity index (χ4v) is 4.41.